The first kappa shape index (κ1) is 18.6. The molecule has 4 nitrogen and oxygen atoms in total. The van der Waals surface area contributed by atoms with E-state index in [1.165, 1.54) is 27.7 Å². The maximum atomic E-state index is 5.18. The van der Waals surface area contributed by atoms with E-state index in [9.17, 15) is 0 Å². The lowest BCUT2D eigenvalue weighted by Gasteiger charge is -2.32. The number of hydrogen-bond acceptors (Lipinski definition) is 4. The number of rotatable bonds is 4. The van der Waals surface area contributed by atoms with Gasteiger partial charge in [-0.25, -0.2) is 0 Å². The third-order valence-corrected chi connectivity index (χ3v) is 7.33. The monoisotopic (exact) mass is 382 g/mol. The first-order chi connectivity index (χ1) is 13.0. The number of aliphatic imine (C=N–C) groups is 1. The molecule has 2 aromatic rings. The zero-order chi connectivity index (χ0) is 19.3. The normalized spacial score (nSPS) is 24.6. The largest absolute Gasteiger partial charge is 0.346 e. The Bertz CT molecular complexity index is 868. The van der Waals surface area contributed by atoms with Crippen LogP contribution in [0.1, 0.15) is 73.5 Å². The number of thioether (sulfide) groups is 1. The van der Waals surface area contributed by atoms with Crippen molar-refractivity contribution in [3.8, 4) is 0 Å². The van der Waals surface area contributed by atoms with Gasteiger partial charge in [-0.05, 0) is 58.7 Å². The van der Waals surface area contributed by atoms with Gasteiger partial charge in [0, 0.05) is 41.0 Å². The summed E-state index contributed by atoms with van der Waals surface area (Å²) >= 11 is 1.91. The Hall–Kier alpha value is -1.75. The van der Waals surface area contributed by atoms with Crippen molar-refractivity contribution in [2.24, 2.45) is 4.99 Å². The Morgan fingerprint density at radius 3 is 2.56 bits per heavy atom. The zero-order valence-electron chi connectivity index (χ0n) is 17.2. The first-order valence-electron chi connectivity index (χ1n) is 10.0. The van der Waals surface area contributed by atoms with Gasteiger partial charge in [0.25, 0.3) is 0 Å². The Morgan fingerprint density at radius 1 is 1.19 bits per heavy atom. The van der Waals surface area contributed by atoms with Crippen LogP contribution in [0.3, 0.4) is 0 Å². The molecular weight excluding hydrogens is 352 g/mol. The van der Waals surface area contributed by atoms with Gasteiger partial charge in [-0.3, -0.25) is 9.98 Å². The van der Waals surface area contributed by atoms with Gasteiger partial charge in [-0.15, -0.1) is 0 Å². The summed E-state index contributed by atoms with van der Waals surface area (Å²) in [5, 5.41) is 1.20. The summed E-state index contributed by atoms with van der Waals surface area (Å²) in [6, 6.07) is 7.53. The molecule has 3 atom stereocenters. The van der Waals surface area contributed by atoms with Crippen molar-refractivity contribution in [1.82, 2.24) is 14.5 Å². The quantitative estimate of drug-likeness (QED) is 0.713. The molecule has 0 saturated carbocycles. The Balaban J connectivity index is 1.89. The second-order valence-electron chi connectivity index (χ2n) is 8.01. The molecule has 0 bridgehead atoms. The summed E-state index contributed by atoms with van der Waals surface area (Å²) in [5.41, 5.74) is 6.71. The predicted molar refractivity (Wildman–Crippen MR) is 115 cm³/mol. The van der Waals surface area contributed by atoms with E-state index in [1.807, 2.05) is 24.0 Å². The molecule has 0 radical (unpaired) electrons. The second-order valence-corrected chi connectivity index (χ2v) is 9.00. The lowest BCUT2D eigenvalue weighted by Crippen LogP contribution is -2.35. The van der Waals surface area contributed by atoms with Crippen LogP contribution in [0.4, 0.5) is 0 Å². The molecule has 4 rings (SSSR count). The van der Waals surface area contributed by atoms with E-state index < -0.39 is 0 Å². The Labute approximate surface area is 167 Å². The molecule has 0 aromatic carbocycles. The summed E-state index contributed by atoms with van der Waals surface area (Å²) in [7, 11) is 0. The molecule has 0 unspecified atom stereocenters. The maximum Gasteiger partial charge on any atom is 0.160 e. The van der Waals surface area contributed by atoms with Crippen molar-refractivity contribution < 1.29 is 0 Å². The zero-order valence-corrected chi connectivity index (χ0v) is 18.0. The summed E-state index contributed by atoms with van der Waals surface area (Å²) in [6.45, 7) is 13.7. The Morgan fingerprint density at radius 2 is 1.96 bits per heavy atom. The molecule has 0 N–H and O–H groups in total. The smallest absolute Gasteiger partial charge is 0.160 e. The highest BCUT2D eigenvalue weighted by Gasteiger charge is 2.47. The van der Waals surface area contributed by atoms with Crippen molar-refractivity contribution in [1.29, 1.82) is 0 Å². The number of pyridine rings is 1. The first-order valence-corrected chi connectivity index (χ1v) is 11.0. The van der Waals surface area contributed by atoms with Crippen LogP contribution in [0, 0.1) is 20.8 Å². The number of aromatic nitrogens is 2. The molecule has 4 heterocycles. The van der Waals surface area contributed by atoms with Crippen LogP contribution in [0.25, 0.3) is 0 Å². The minimum Gasteiger partial charge on any atom is -0.346 e. The Kier molecular flexibility index (Phi) is 4.83. The fourth-order valence-electron chi connectivity index (χ4n) is 4.90. The minimum atomic E-state index is 0.0721. The highest BCUT2D eigenvalue weighted by molar-refractivity contribution is 8.14. The van der Waals surface area contributed by atoms with Crippen LogP contribution in [0.2, 0.25) is 0 Å². The van der Waals surface area contributed by atoms with Crippen LogP contribution in [0.15, 0.2) is 29.4 Å². The van der Waals surface area contributed by atoms with Gasteiger partial charge < -0.3 is 9.47 Å². The number of fused-ring (bicyclic) bond motifs is 1. The predicted octanol–water partition coefficient (Wildman–Crippen LogP) is 5.37. The SMILES string of the molecule is CC[C@@H]1CSC2=N[C@H](c3ccccn3)[C@@H](c3c(C)c(C)n(C(C)C)c3C)N21. The molecule has 1 saturated heterocycles. The fraction of sp³-hybridized carbons (Fsp3) is 0.545. The van der Waals surface area contributed by atoms with E-state index in [0.717, 1.165) is 17.9 Å². The topological polar surface area (TPSA) is 33.4 Å². The number of hydrogen-bond donors (Lipinski definition) is 0. The summed E-state index contributed by atoms with van der Waals surface area (Å²) in [6.07, 6.45) is 3.05. The van der Waals surface area contributed by atoms with E-state index in [1.54, 1.807) is 0 Å². The van der Waals surface area contributed by atoms with Gasteiger partial charge in [0.2, 0.25) is 0 Å². The highest BCUT2D eigenvalue weighted by atomic mass is 32.2. The molecule has 0 spiro atoms. The molecule has 5 heteroatoms. The van der Waals surface area contributed by atoms with Crippen molar-refractivity contribution in [2.45, 2.75) is 72.1 Å². The third-order valence-electron chi connectivity index (χ3n) is 6.20. The van der Waals surface area contributed by atoms with Crippen molar-refractivity contribution >= 4 is 16.9 Å². The van der Waals surface area contributed by atoms with Crippen LogP contribution in [-0.4, -0.2) is 31.4 Å². The van der Waals surface area contributed by atoms with Crippen molar-refractivity contribution in [2.75, 3.05) is 5.75 Å². The molecule has 2 aromatic heterocycles. The van der Waals surface area contributed by atoms with E-state index in [0.29, 0.717) is 12.1 Å². The van der Waals surface area contributed by atoms with Crippen molar-refractivity contribution in [3.63, 3.8) is 0 Å². The van der Waals surface area contributed by atoms with Gasteiger partial charge in [-0.1, -0.05) is 24.8 Å². The second kappa shape index (κ2) is 7.01. The molecule has 0 amide bonds. The molecule has 1 fully saturated rings. The van der Waals surface area contributed by atoms with Gasteiger partial charge >= 0.3 is 0 Å². The van der Waals surface area contributed by atoms with Gasteiger partial charge in [-0.2, -0.15) is 0 Å². The van der Waals surface area contributed by atoms with Gasteiger partial charge in [0.05, 0.1) is 11.7 Å². The molecule has 144 valence electrons. The molecule has 0 aliphatic carbocycles. The summed E-state index contributed by atoms with van der Waals surface area (Å²) in [4.78, 5) is 12.5. The summed E-state index contributed by atoms with van der Waals surface area (Å²) < 4.78 is 2.49. The molecular formula is C22H30N4S. The molecule has 2 aliphatic rings. The lowest BCUT2D eigenvalue weighted by molar-refractivity contribution is 0.253. The van der Waals surface area contributed by atoms with Crippen molar-refractivity contribution in [3.05, 3.63) is 52.6 Å². The minimum absolute atomic E-state index is 0.0721. The van der Waals surface area contributed by atoms with E-state index in [2.05, 4.69) is 68.1 Å². The molecule has 27 heavy (non-hydrogen) atoms. The lowest BCUT2D eigenvalue weighted by atomic mass is 9.92. The average Bonchev–Trinajstić information content (AvgIpc) is 3.27. The summed E-state index contributed by atoms with van der Waals surface area (Å²) in [5.74, 6) is 1.14. The van der Waals surface area contributed by atoms with E-state index in [4.69, 9.17) is 4.99 Å². The van der Waals surface area contributed by atoms with Gasteiger partial charge in [0.1, 0.15) is 6.04 Å². The standard InChI is InChI=1S/C22H30N4S/c1-7-17-12-27-22-24-20(18-10-8-9-11-23-18)21(26(17)22)19-14(4)15(5)25(13(2)3)16(19)6/h8-11,13,17,20-21H,7,12H2,1-6H3/t17-,20-,21-/m1/s1. The number of amidine groups is 1. The third kappa shape index (κ3) is 2.82. The number of nitrogens with zero attached hydrogens (tertiary/aromatic N) is 4. The fourth-order valence-corrected chi connectivity index (χ4v) is 6.24. The van der Waals surface area contributed by atoms with Crippen LogP contribution in [0.5, 0.6) is 0 Å². The van der Waals surface area contributed by atoms with Crippen LogP contribution < -0.4 is 0 Å². The van der Waals surface area contributed by atoms with E-state index in [-0.39, 0.29) is 12.1 Å². The molecule has 2 aliphatic heterocycles. The van der Waals surface area contributed by atoms with Crippen LogP contribution >= 0.6 is 11.8 Å². The van der Waals surface area contributed by atoms with Gasteiger partial charge in [0.15, 0.2) is 5.17 Å². The maximum absolute atomic E-state index is 5.18. The highest BCUT2D eigenvalue weighted by Crippen LogP contribution is 2.50. The average molecular weight is 383 g/mol. The van der Waals surface area contributed by atoms with Crippen LogP contribution in [-0.2, 0) is 0 Å². The van der Waals surface area contributed by atoms with E-state index >= 15 is 0 Å².